The van der Waals surface area contributed by atoms with E-state index in [1.165, 1.54) is 6.20 Å². The molecule has 1 amide bonds. The Morgan fingerprint density at radius 2 is 1.82 bits per heavy atom. The van der Waals surface area contributed by atoms with E-state index in [1.54, 1.807) is 53.9 Å². The Morgan fingerprint density at radius 3 is 2.45 bits per heavy atom. The van der Waals surface area contributed by atoms with Gasteiger partial charge in [-0.2, -0.15) is 0 Å². The molecule has 0 aliphatic carbocycles. The van der Waals surface area contributed by atoms with Crippen molar-refractivity contribution in [2.45, 2.75) is 19.7 Å². The van der Waals surface area contributed by atoms with E-state index in [-0.39, 0.29) is 22.9 Å². The maximum atomic E-state index is 12.5. The molecule has 2 N–H and O–H groups in total. The van der Waals surface area contributed by atoms with Crippen LogP contribution in [0.15, 0.2) is 60.9 Å². The number of nitrogens with zero attached hydrogens (tertiary/aromatic N) is 4. The second kappa shape index (κ2) is 9.12. The summed E-state index contributed by atoms with van der Waals surface area (Å²) in [4.78, 5) is 34.6. The lowest BCUT2D eigenvalue weighted by Crippen LogP contribution is -2.19. The van der Waals surface area contributed by atoms with Gasteiger partial charge in [-0.3, -0.25) is 14.0 Å². The van der Waals surface area contributed by atoms with Gasteiger partial charge >= 0.3 is 5.97 Å². The van der Waals surface area contributed by atoms with Crippen molar-refractivity contribution in [3.8, 4) is 0 Å². The zero-order valence-electron chi connectivity index (χ0n) is 20.5. The topological polar surface area (TPSA) is 99.8 Å². The number of rotatable bonds is 7. The average molecular weight is 446 g/mol. The fourth-order valence-corrected chi connectivity index (χ4v) is 3.49. The molecule has 0 bridgehead atoms. The van der Waals surface area contributed by atoms with Crippen molar-refractivity contribution in [2.75, 3.05) is 24.3 Å². The van der Waals surface area contributed by atoms with Crippen LogP contribution in [0.3, 0.4) is 0 Å². The molecule has 2 heterocycles. The molecular formula is C25H25N5O3. The molecule has 0 aliphatic rings. The van der Waals surface area contributed by atoms with Crippen LogP contribution in [0, 0.1) is 6.92 Å². The second-order valence-electron chi connectivity index (χ2n) is 7.87. The van der Waals surface area contributed by atoms with Crippen molar-refractivity contribution in [1.82, 2.24) is 14.4 Å². The molecule has 0 fully saturated rings. The first-order valence-electron chi connectivity index (χ1n) is 11.3. The molecule has 0 saturated heterocycles. The smallest absolute Gasteiger partial charge is 0.308 e. The average Bonchev–Trinajstić information content (AvgIpc) is 3.30. The predicted octanol–water partition coefficient (Wildman–Crippen LogP) is 3.57. The second-order valence-corrected chi connectivity index (χ2v) is 7.87. The summed E-state index contributed by atoms with van der Waals surface area (Å²) in [5.41, 5.74) is 3.31. The summed E-state index contributed by atoms with van der Waals surface area (Å²) < 4.78 is 17.9. The molecule has 0 atom stereocenters. The molecule has 0 unspecified atom stereocenters. The number of hydrogen-bond donors (Lipinski definition) is 2. The highest BCUT2D eigenvalue weighted by Crippen LogP contribution is 2.24. The summed E-state index contributed by atoms with van der Waals surface area (Å²) in [6, 6.07) is 14.7. The van der Waals surface area contributed by atoms with E-state index < -0.39 is 12.3 Å². The standard InChI is InChI=1S/C25H25N5O3/c1-16-4-8-18(9-5-16)25(33)27-19-10-6-17(7-11-19)14-21-28-24(29(2)3)20(15-22(31)32)23-26-12-13-30(21)23/h4-13H,14-15H2,1-3H3,(H,27,33)(H,31,32)/i15D2. The molecule has 168 valence electrons. The Balaban J connectivity index is 1.63. The third kappa shape index (κ3) is 4.85. The predicted molar refractivity (Wildman–Crippen MR) is 127 cm³/mol. The lowest BCUT2D eigenvalue weighted by molar-refractivity contribution is -0.136. The highest BCUT2D eigenvalue weighted by molar-refractivity contribution is 6.04. The van der Waals surface area contributed by atoms with Crippen molar-refractivity contribution in [1.29, 1.82) is 0 Å². The van der Waals surface area contributed by atoms with Gasteiger partial charge in [0.05, 0.1) is 6.37 Å². The summed E-state index contributed by atoms with van der Waals surface area (Å²) in [5.74, 6) is -1.03. The minimum atomic E-state index is -2.67. The van der Waals surface area contributed by atoms with Gasteiger partial charge in [0.25, 0.3) is 5.91 Å². The summed E-state index contributed by atoms with van der Waals surface area (Å²) in [5, 5.41) is 12.4. The van der Waals surface area contributed by atoms with Gasteiger partial charge in [0.2, 0.25) is 0 Å². The van der Waals surface area contributed by atoms with Crippen LogP contribution in [0.25, 0.3) is 5.65 Å². The lowest BCUT2D eigenvalue weighted by Gasteiger charge is -2.18. The Labute approximate surface area is 194 Å². The van der Waals surface area contributed by atoms with Crippen molar-refractivity contribution in [2.24, 2.45) is 0 Å². The summed E-state index contributed by atoms with van der Waals surface area (Å²) >= 11 is 0. The number of carboxylic acids is 1. The number of aromatic nitrogens is 3. The Kier molecular flexibility index (Phi) is 5.38. The molecule has 4 aromatic rings. The van der Waals surface area contributed by atoms with Crippen LogP contribution in [-0.2, 0) is 17.6 Å². The molecule has 0 aliphatic heterocycles. The Bertz CT molecular complexity index is 1400. The van der Waals surface area contributed by atoms with Gasteiger partial charge in [0, 0.05) is 52.5 Å². The van der Waals surface area contributed by atoms with Gasteiger partial charge in [-0.25, -0.2) is 9.97 Å². The fourth-order valence-electron chi connectivity index (χ4n) is 3.49. The number of nitrogens with one attached hydrogen (secondary N) is 1. The number of aryl methyl sites for hydroxylation is 1. The van der Waals surface area contributed by atoms with Crippen molar-refractivity contribution in [3.63, 3.8) is 0 Å². The number of carbonyl (C=O) groups excluding carboxylic acids is 1. The van der Waals surface area contributed by atoms with Crippen LogP contribution >= 0.6 is 0 Å². The number of benzene rings is 2. The van der Waals surface area contributed by atoms with Gasteiger partial charge < -0.3 is 15.3 Å². The quantitative estimate of drug-likeness (QED) is 0.451. The largest absolute Gasteiger partial charge is 0.481 e. The van der Waals surface area contributed by atoms with Crippen LogP contribution in [0.5, 0.6) is 0 Å². The number of carbonyl (C=O) groups is 2. The van der Waals surface area contributed by atoms with Crippen molar-refractivity contribution < 1.29 is 17.4 Å². The van der Waals surface area contributed by atoms with E-state index in [0.717, 1.165) is 11.1 Å². The van der Waals surface area contributed by atoms with E-state index in [9.17, 15) is 14.7 Å². The molecule has 2 aromatic heterocycles. The minimum Gasteiger partial charge on any atom is -0.481 e. The molecule has 8 heteroatoms. The normalized spacial score (nSPS) is 12.2. The first kappa shape index (κ1) is 19.5. The van der Waals surface area contributed by atoms with Gasteiger partial charge in [0.1, 0.15) is 17.3 Å². The summed E-state index contributed by atoms with van der Waals surface area (Å²) in [7, 11) is 3.36. The van der Waals surface area contributed by atoms with E-state index in [4.69, 9.17) is 2.74 Å². The summed E-state index contributed by atoms with van der Waals surface area (Å²) in [6.45, 7) is 1.96. The summed E-state index contributed by atoms with van der Waals surface area (Å²) in [6.07, 6.45) is 0.838. The van der Waals surface area contributed by atoms with E-state index in [2.05, 4.69) is 15.3 Å². The molecule has 0 saturated carbocycles. The number of anilines is 2. The van der Waals surface area contributed by atoms with Crippen LogP contribution in [0.1, 0.15) is 35.6 Å². The lowest BCUT2D eigenvalue weighted by atomic mass is 10.1. The van der Waals surface area contributed by atoms with Crippen molar-refractivity contribution in [3.05, 3.63) is 89.0 Å². The van der Waals surface area contributed by atoms with E-state index in [0.29, 0.717) is 23.5 Å². The van der Waals surface area contributed by atoms with E-state index in [1.807, 2.05) is 31.2 Å². The molecule has 4 rings (SSSR count). The van der Waals surface area contributed by atoms with Crippen LogP contribution < -0.4 is 10.2 Å². The number of amides is 1. The van der Waals surface area contributed by atoms with Gasteiger partial charge in [0.15, 0.2) is 0 Å². The van der Waals surface area contributed by atoms with Gasteiger partial charge in [-0.15, -0.1) is 0 Å². The van der Waals surface area contributed by atoms with Gasteiger partial charge in [-0.1, -0.05) is 29.8 Å². The first-order valence-corrected chi connectivity index (χ1v) is 10.3. The fraction of sp³-hybridized carbons (Fsp3) is 0.200. The minimum absolute atomic E-state index is 0.0992. The highest BCUT2D eigenvalue weighted by Gasteiger charge is 2.19. The monoisotopic (exact) mass is 445 g/mol. The van der Waals surface area contributed by atoms with Crippen LogP contribution in [0.2, 0.25) is 0 Å². The molecule has 2 aromatic carbocycles. The number of imidazole rings is 1. The van der Waals surface area contributed by atoms with E-state index >= 15 is 0 Å². The van der Waals surface area contributed by atoms with Gasteiger partial charge in [-0.05, 0) is 36.8 Å². The molecule has 8 nitrogen and oxygen atoms in total. The maximum absolute atomic E-state index is 12.5. The molecule has 0 spiro atoms. The molecular weight excluding hydrogens is 418 g/mol. The van der Waals surface area contributed by atoms with Crippen LogP contribution in [0.4, 0.5) is 11.5 Å². The zero-order chi connectivity index (χ0) is 25.3. The number of aliphatic carboxylic acids is 1. The first-order chi connectivity index (χ1) is 16.6. The third-order valence-corrected chi connectivity index (χ3v) is 5.14. The maximum Gasteiger partial charge on any atom is 0.308 e. The Hall–Kier alpha value is -4.20. The number of hydrogen-bond acceptors (Lipinski definition) is 5. The number of fused-ring (bicyclic) bond motifs is 1. The molecule has 33 heavy (non-hydrogen) atoms. The zero-order valence-corrected chi connectivity index (χ0v) is 18.5. The number of carboxylic acid groups (broad SMARTS) is 1. The van der Waals surface area contributed by atoms with Crippen LogP contribution in [-0.4, -0.2) is 45.4 Å². The SMILES string of the molecule is [2H]C([2H])(C(=O)O)c1c(N(C)C)nc(Cc2ccc(NC(=O)c3ccc(C)cc3)cc2)n2ccnc12. The third-order valence-electron chi connectivity index (χ3n) is 5.14. The Morgan fingerprint density at radius 1 is 1.12 bits per heavy atom. The highest BCUT2D eigenvalue weighted by atomic mass is 16.4. The molecule has 0 radical (unpaired) electrons. The van der Waals surface area contributed by atoms with Crippen molar-refractivity contribution >= 4 is 29.0 Å².